The van der Waals surface area contributed by atoms with E-state index in [4.69, 9.17) is 5.11 Å². The molecule has 2 aromatic rings. The number of ketones is 1. The molecule has 0 saturated carbocycles. The van der Waals surface area contributed by atoms with Crippen LogP contribution in [-0.2, 0) is 11.2 Å². The summed E-state index contributed by atoms with van der Waals surface area (Å²) in [6, 6.07) is 8.98. The minimum Gasteiger partial charge on any atom is -0.481 e. The molecular formula is C17H15N3O4S. The number of anilines is 1. The van der Waals surface area contributed by atoms with Crippen molar-refractivity contribution in [1.82, 2.24) is 10.2 Å². The number of nitrogens with zero attached hydrogens (tertiary/aromatic N) is 1. The van der Waals surface area contributed by atoms with Crippen molar-refractivity contribution in [2.75, 3.05) is 11.1 Å². The lowest BCUT2D eigenvalue weighted by molar-refractivity contribution is -0.136. The SMILES string of the molecule is O=C(O)CCSC1=CC(=O)c2n[nH]c(C(=O)Nc3ccccc3)c2C1. The predicted octanol–water partition coefficient (Wildman–Crippen LogP) is 2.49. The van der Waals surface area contributed by atoms with Crippen LogP contribution < -0.4 is 5.32 Å². The summed E-state index contributed by atoms with van der Waals surface area (Å²) in [7, 11) is 0. The number of allylic oxidation sites excluding steroid dienone is 2. The smallest absolute Gasteiger partial charge is 0.304 e. The van der Waals surface area contributed by atoms with Crippen molar-refractivity contribution in [1.29, 1.82) is 0 Å². The first-order valence-electron chi connectivity index (χ1n) is 7.57. The van der Waals surface area contributed by atoms with Gasteiger partial charge in [-0.1, -0.05) is 18.2 Å². The molecule has 25 heavy (non-hydrogen) atoms. The van der Waals surface area contributed by atoms with Crippen LogP contribution >= 0.6 is 11.8 Å². The molecule has 0 radical (unpaired) electrons. The number of carbonyl (C=O) groups is 3. The molecule has 1 amide bonds. The standard InChI is InChI=1S/C17H15N3O4S/c21-13-9-11(25-7-6-14(22)23)8-12-15(13)19-20-16(12)17(24)18-10-4-2-1-3-5-10/h1-5,9H,6-8H2,(H,18,24)(H,19,20)(H,22,23). The fraction of sp³-hybridized carbons (Fsp3) is 0.176. The molecule has 0 fully saturated rings. The number of para-hydroxylation sites is 1. The first-order valence-corrected chi connectivity index (χ1v) is 8.56. The summed E-state index contributed by atoms with van der Waals surface area (Å²) in [4.78, 5) is 36.0. The summed E-state index contributed by atoms with van der Waals surface area (Å²) in [6.45, 7) is 0. The van der Waals surface area contributed by atoms with Gasteiger partial charge in [-0.25, -0.2) is 0 Å². The van der Waals surface area contributed by atoms with E-state index in [0.29, 0.717) is 23.4 Å². The second kappa shape index (κ2) is 7.35. The monoisotopic (exact) mass is 357 g/mol. The predicted molar refractivity (Wildman–Crippen MR) is 93.8 cm³/mol. The summed E-state index contributed by atoms with van der Waals surface area (Å²) < 4.78 is 0. The zero-order valence-electron chi connectivity index (χ0n) is 13.1. The van der Waals surface area contributed by atoms with Gasteiger partial charge < -0.3 is 10.4 Å². The van der Waals surface area contributed by atoms with E-state index in [-0.39, 0.29) is 29.5 Å². The van der Waals surface area contributed by atoms with E-state index in [9.17, 15) is 14.4 Å². The third kappa shape index (κ3) is 3.97. The van der Waals surface area contributed by atoms with Crippen LogP contribution in [-0.4, -0.2) is 38.7 Å². The van der Waals surface area contributed by atoms with Gasteiger partial charge in [0, 0.05) is 23.4 Å². The highest BCUT2D eigenvalue weighted by Crippen LogP contribution is 2.29. The number of fused-ring (bicyclic) bond motifs is 1. The second-order valence-electron chi connectivity index (χ2n) is 5.39. The Hall–Kier alpha value is -2.87. The quantitative estimate of drug-likeness (QED) is 0.732. The Morgan fingerprint density at radius 3 is 2.76 bits per heavy atom. The van der Waals surface area contributed by atoms with Crippen LogP contribution in [0, 0.1) is 0 Å². The molecule has 1 aliphatic carbocycles. The number of H-pyrrole nitrogens is 1. The Bertz CT molecular complexity index is 858. The van der Waals surface area contributed by atoms with Crippen molar-refractivity contribution >= 4 is 35.1 Å². The number of thioether (sulfide) groups is 1. The number of hydrogen-bond acceptors (Lipinski definition) is 5. The largest absolute Gasteiger partial charge is 0.481 e. The molecule has 0 saturated heterocycles. The van der Waals surface area contributed by atoms with Crippen LogP contribution in [0.25, 0.3) is 0 Å². The number of aromatic amines is 1. The zero-order chi connectivity index (χ0) is 17.8. The summed E-state index contributed by atoms with van der Waals surface area (Å²) in [5, 5.41) is 18.1. The van der Waals surface area contributed by atoms with Gasteiger partial charge in [-0.05, 0) is 23.1 Å². The van der Waals surface area contributed by atoms with Gasteiger partial charge in [0.05, 0.1) is 6.42 Å². The van der Waals surface area contributed by atoms with Gasteiger partial charge >= 0.3 is 5.97 Å². The van der Waals surface area contributed by atoms with E-state index >= 15 is 0 Å². The summed E-state index contributed by atoms with van der Waals surface area (Å²) in [5.74, 6) is -1.17. The van der Waals surface area contributed by atoms with Gasteiger partial charge in [-0.3, -0.25) is 19.5 Å². The van der Waals surface area contributed by atoms with Gasteiger partial charge in [-0.15, -0.1) is 11.8 Å². The Labute approximate surface area is 147 Å². The molecule has 1 heterocycles. The second-order valence-corrected chi connectivity index (χ2v) is 6.61. The number of carbonyl (C=O) groups excluding carboxylic acids is 2. The van der Waals surface area contributed by atoms with Gasteiger partial charge in [0.2, 0.25) is 5.78 Å². The Kier molecular flexibility index (Phi) is 4.99. The lowest BCUT2D eigenvalue weighted by atomic mass is 10.0. The first-order chi connectivity index (χ1) is 12.0. The molecule has 0 spiro atoms. The van der Waals surface area contributed by atoms with Crippen molar-refractivity contribution < 1.29 is 19.5 Å². The van der Waals surface area contributed by atoms with Crippen LogP contribution in [0.4, 0.5) is 5.69 Å². The number of carboxylic acid groups (broad SMARTS) is 1. The maximum absolute atomic E-state index is 12.5. The van der Waals surface area contributed by atoms with Crippen molar-refractivity contribution in [2.24, 2.45) is 0 Å². The lowest BCUT2D eigenvalue weighted by Gasteiger charge is -2.12. The Morgan fingerprint density at radius 2 is 2.04 bits per heavy atom. The fourth-order valence-electron chi connectivity index (χ4n) is 2.45. The molecule has 1 aromatic heterocycles. The van der Waals surface area contributed by atoms with E-state index in [2.05, 4.69) is 15.5 Å². The normalized spacial score (nSPS) is 13.1. The number of rotatable bonds is 6. The number of carboxylic acids is 1. The van der Waals surface area contributed by atoms with E-state index in [1.54, 1.807) is 12.1 Å². The highest BCUT2D eigenvalue weighted by atomic mass is 32.2. The number of aliphatic carboxylic acids is 1. The minimum absolute atomic E-state index is 0.00971. The number of amides is 1. The van der Waals surface area contributed by atoms with E-state index < -0.39 is 5.97 Å². The highest BCUT2D eigenvalue weighted by Gasteiger charge is 2.27. The summed E-state index contributed by atoms with van der Waals surface area (Å²) >= 11 is 1.31. The number of benzene rings is 1. The van der Waals surface area contributed by atoms with Crippen LogP contribution in [0.5, 0.6) is 0 Å². The average molecular weight is 357 g/mol. The molecule has 7 nitrogen and oxygen atoms in total. The molecule has 1 aliphatic rings. The molecule has 1 aromatic carbocycles. The topological polar surface area (TPSA) is 112 Å². The first kappa shape index (κ1) is 17.0. The molecular weight excluding hydrogens is 342 g/mol. The molecule has 0 bridgehead atoms. The van der Waals surface area contributed by atoms with E-state index in [1.165, 1.54) is 17.8 Å². The molecule has 0 atom stereocenters. The highest BCUT2D eigenvalue weighted by molar-refractivity contribution is 8.03. The minimum atomic E-state index is -0.887. The molecule has 0 aliphatic heterocycles. The maximum Gasteiger partial charge on any atom is 0.304 e. The van der Waals surface area contributed by atoms with Crippen LogP contribution in [0.1, 0.15) is 33.0 Å². The van der Waals surface area contributed by atoms with Crippen molar-refractivity contribution in [3.63, 3.8) is 0 Å². The van der Waals surface area contributed by atoms with E-state index in [0.717, 1.165) is 4.91 Å². The van der Waals surface area contributed by atoms with Gasteiger partial charge in [-0.2, -0.15) is 5.10 Å². The number of aromatic nitrogens is 2. The Morgan fingerprint density at radius 1 is 1.28 bits per heavy atom. The average Bonchev–Trinajstić information content (AvgIpc) is 3.00. The molecule has 3 rings (SSSR count). The maximum atomic E-state index is 12.5. The fourth-order valence-corrected chi connectivity index (χ4v) is 3.42. The number of hydrogen-bond donors (Lipinski definition) is 3. The number of nitrogens with one attached hydrogen (secondary N) is 2. The van der Waals surface area contributed by atoms with Crippen molar-refractivity contribution in [3.8, 4) is 0 Å². The van der Waals surface area contributed by atoms with Gasteiger partial charge in [0.25, 0.3) is 5.91 Å². The van der Waals surface area contributed by atoms with Crippen molar-refractivity contribution in [3.05, 3.63) is 58.3 Å². The lowest BCUT2D eigenvalue weighted by Crippen LogP contribution is -2.16. The van der Waals surface area contributed by atoms with Gasteiger partial charge in [0.1, 0.15) is 11.4 Å². The van der Waals surface area contributed by atoms with Crippen LogP contribution in [0.15, 0.2) is 41.3 Å². The molecule has 8 heteroatoms. The third-order valence-corrected chi connectivity index (χ3v) is 4.65. The Balaban J connectivity index is 1.75. The van der Waals surface area contributed by atoms with Crippen molar-refractivity contribution in [2.45, 2.75) is 12.8 Å². The third-order valence-electron chi connectivity index (χ3n) is 3.61. The molecule has 128 valence electrons. The van der Waals surface area contributed by atoms with Crippen LogP contribution in [0.3, 0.4) is 0 Å². The van der Waals surface area contributed by atoms with E-state index in [1.807, 2.05) is 18.2 Å². The van der Waals surface area contributed by atoms with Crippen LogP contribution in [0.2, 0.25) is 0 Å². The summed E-state index contributed by atoms with van der Waals surface area (Å²) in [5.41, 5.74) is 1.67. The van der Waals surface area contributed by atoms with Gasteiger partial charge in [0.15, 0.2) is 0 Å². The summed E-state index contributed by atoms with van der Waals surface area (Å²) in [6.07, 6.45) is 1.84. The molecule has 0 unspecified atom stereocenters. The molecule has 3 N–H and O–H groups in total. The zero-order valence-corrected chi connectivity index (χ0v) is 13.9.